The molecule has 2 aromatic carbocycles. The number of anilines is 2. The van der Waals surface area contributed by atoms with Gasteiger partial charge in [0.25, 0.3) is 0 Å². The number of fused-ring (bicyclic) bond motifs is 2. The van der Waals surface area contributed by atoms with Gasteiger partial charge in [0.15, 0.2) is 0 Å². The van der Waals surface area contributed by atoms with Crippen LogP contribution in [0.4, 0.5) is 11.4 Å². The van der Waals surface area contributed by atoms with E-state index in [9.17, 15) is 9.59 Å². The highest BCUT2D eigenvalue weighted by atomic mass is 16.4. The minimum absolute atomic E-state index is 0.0622. The van der Waals surface area contributed by atoms with E-state index < -0.39 is 11.3 Å². The molecule has 0 unspecified atom stereocenters. The third kappa shape index (κ3) is 2.94. The minimum atomic E-state index is -0.561. The zero-order valence-electron chi connectivity index (χ0n) is 15.3. The summed E-state index contributed by atoms with van der Waals surface area (Å²) in [5.41, 5.74) is 12.9. The topological polar surface area (TPSA) is 151 Å². The molecule has 5 rings (SSSR count). The predicted molar refractivity (Wildman–Crippen MR) is 112 cm³/mol. The molecule has 146 valence electrons. The number of hydrogen-bond donors (Lipinski definition) is 2. The smallest absolute Gasteiger partial charge is 0.347 e. The fourth-order valence-electron chi connectivity index (χ4n) is 3.06. The lowest BCUT2D eigenvalue weighted by Gasteiger charge is -2.04. The monoisotopic (exact) mass is 399 g/mol. The Kier molecular flexibility index (Phi) is 3.82. The first-order chi connectivity index (χ1) is 14.5. The van der Waals surface area contributed by atoms with Crippen molar-refractivity contribution in [1.82, 2.24) is 15.0 Å². The Morgan fingerprint density at radius 2 is 1.27 bits per heavy atom. The lowest BCUT2D eigenvalue weighted by Crippen LogP contribution is -2.05. The van der Waals surface area contributed by atoms with Crippen LogP contribution < -0.4 is 22.7 Å². The van der Waals surface area contributed by atoms with Crippen molar-refractivity contribution in [2.75, 3.05) is 11.5 Å². The molecule has 3 aromatic heterocycles. The number of nitrogens with two attached hydrogens (primary N) is 2. The van der Waals surface area contributed by atoms with Crippen molar-refractivity contribution in [3.05, 3.63) is 75.6 Å². The van der Waals surface area contributed by atoms with E-state index in [4.69, 9.17) is 20.3 Å². The van der Waals surface area contributed by atoms with Crippen LogP contribution in [0.25, 0.3) is 44.8 Å². The SMILES string of the molecule is Nc1ccc2nc(-c3ccc(-c4nc5ccc(N)cc5c(=O)o4)nc3)oc(=O)c2c1. The Morgan fingerprint density at radius 1 is 0.700 bits per heavy atom. The Bertz CT molecular complexity index is 1440. The normalized spacial score (nSPS) is 11.2. The zero-order valence-corrected chi connectivity index (χ0v) is 15.3. The van der Waals surface area contributed by atoms with Gasteiger partial charge in [0.1, 0.15) is 5.69 Å². The highest BCUT2D eigenvalue weighted by Gasteiger charge is 2.13. The number of benzene rings is 2. The lowest BCUT2D eigenvalue weighted by atomic mass is 10.2. The van der Waals surface area contributed by atoms with E-state index in [1.165, 1.54) is 18.3 Å². The molecule has 0 saturated carbocycles. The summed E-state index contributed by atoms with van der Waals surface area (Å²) >= 11 is 0. The summed E-state index contributed by atoms with van der Waals surface area (Å²) in [7, 11) is 0. The van der Waals surface area contributed by atoms with Gasteiger partial charge >= 0.3 is 11.3 Å². The van der Waals surface area contributed by atoms with Crippen molar-refractivity contribution in [2.24, 2.45) is 0 Å². The number of aromatic nitrogens is 3. The highest BCUT2D eigenvalue weighted by Crippen LogP contribution is 2.23. The standard InChI is InChI=1S/C21H13N5O4/c22-11-2-5-15-13(7-11)20(27)29-18(25-15)10-1-4-17(24-9-10)19-26-16-6-3-12(23)8-14(16)21(28)30-19/h1-9H,22-23H2. The summed E-state index contributed by atoms with van der Waals surface area (Å²) in [6.07, 6.45) is 1.46. The molecule has 0 aliphatic carbocycles. The van der Waals surface area contributed by atoms with Crippen LogP contribution >= 0.6 is 0 Å². The third-order valence-corrected chi connectivity index (χ3v) is 4.53. The molecule has 0 saturated heterocycles. The Morgan fingerprint density at radius 3 is 1.83 bits per heavy atom. The summed E-state index contributed by atoms with van der Waals surface area (Å²) in [6.45, 7) is 0. The molecule has 0 aliphatic heterocycles. The Balaban J connectivity index is 1.56. The van der Waals surface area contributed by atoms with E-state index in [0.717, 1.165) is 0 Å². The molecule has 3 heterocycles. The van der Waals surface area contributed by atoms with E-state index in [-0.39, 0.29) is 17.2 Å². The third-order valence-electron chi connectivity index (χ3n) is 4.53. The van der Waals surface area contributed by atoms with E-state index in [0.29, 0.717) is 39.1 Å². The van der Waals surface area contributed by atoms with Crippen LogP contribution in [-0.4, -0.2) is 15.0 Å². The molecule has 0 aliphatic rings. The second-order valence-electron chi connectivity index (χ2n) is 6.60. The van der Waals surface area contributed by atoms with Gasteiger partial charge in [0.05, 0.1) is 27.4 Å². The first kappa shape index (κ1) is 17.6. The molecule has 0 atom stereocenters. The molecule has 0 fully saturated rings. The summed E-state index contributed by atoms with van der Waals surface area (Å²) in [4.78, 5) is 37.4. The minimum Gasteiger partial charge on any atom is -0.403 e. The number of hydrogen-bond acceptors (Lipinski definition) is 9. The molecule has 0 radical (unpaired) electrons. The van der Waals surface area contributed by atoms with E-state index >= 15 is 0 Å². The number of nitrogen functional groups attached to an aromatic ring is 2. The average Bonchev–Trinajstić information content (AvgIpc) is 2.74. The molecule has 5 aromatic rings. The Hall–Kier alpha value is -4.53. The Labute approximate surface area is 167 Å². The van der Waals surface area contributed by atoms with Crippen LogP contribution in [0.5, 0.6) is 0 Å². The maximum absolute atomic E-state index is 12.2. The van der Waals surface area contributed by atoms with Crippen LogP contribution in [0, 0.1) is 0 Å². The van der Waals surface area contributed by atoms with Gasteiger partial charge in [0.2, 0.25) is 11.8 Å². The highest BCUT2D eigenvalue weighted by molar-refractivity contribution is 5.82. The van der Waals surface area contributed by atoms with E-state index in [2.05, 4.69) is 15.0 Å². The first-order valence-corrected chi connectivity index (χ1v) is 8.85. The average molecular weight is 399 g/mol. The zero-order chi connectivity index (χ0) is 20.8. The van der Waals surface area contributed by atoms with Crippen molar-refractivity contribution < 1.29 is 8.83 Å². The van der Waals surface area contributed by atoms with Gasteiger partial charge in [-0.3, -0.25) is 4.98 Å². The summed E-state index contributed by atoms with van der Waals surface area (Å²) in [5, 5.41) is 0.587. The number of rotatable bonds is 2. The van der Waals surface area contributed by atoms with Crippen LogP contribution in [0.15, 0.2) is 73.2 Å². The van der Waals surface area contributed by atoms with Gasteiger partial charge in [-0.15, -0.1) is 0 Å². The van der Waals surface area contributed by atoms with Gasteiger partial charge in [-0.1, -0.05) is 0 Å². The predicted octanol–water partition coefficient (Wildman–Crippen LogP) is 2.58. The molecule has 30 heavy (non-hydrogen) atoms. The maximum atomic E-state index is 12.2. The molecule has 9 heteroatoms. The molecule has 0 amide bonds. The summed E-state index contributed by atoms with van der Waals surface area (Å²) in [5.74, 6) is 0.173. The van der Waals surface area contributed by atoms with Crippen molar-refractivity contribution in [1.29, 1.82) is 0 Å². The fourth-order valence-corrected chi connectivity index (χ4v) is 3.06. The van der Waals surface area contributed by atoms with Crippen molar-refractivity contribution in [3.8, 4) is 23.0 Å². The fraction of sp³-hybridized carbons (Fsp3) is 0. The number of nitrogens with zero attached hydrogens (tertiary/aromatic N) is 3. The van der Waals surface area contributed by atoms with Crippen molar-refractivity contribution >= 4 is 33.2 Å². The maximum Gasteiger partial charge on any atom is 0.347 e. The summed E-state index contributed by atoms with van der Waals surface area (Å²) in [6, 6.07) is 12.9. The second-order valence-corrected chi connectivity index (χ2v) is 6.60. The van der Waals surface area contributed by atoms with Crippen LogP contribution in [0.3, 0.4) is 0 Å². The molecular formula is C21H13N5O4. The number of pyridine rings is 1. The largest absolute Gasteiger partial charge is 0.403 e. The quantitative estimate of drug-likeness (QED) is 0.427. The molecule has 0 bridgehead atoms. The molecular weight excluding hydrogens is 386 g/mol. The van der Waals surface area contributed by atoms with Crippen LogP contribution in [0.1, 0.15) is 0 Å². The summed E-state index contributed by atoms with van der Waals surface area (Å²) < 4.78 is 10.6. The van der Waals surface area contributed by atoms with Gasteiger partial charge in [0, 0.05) is 17.6 Å². The van der Waals surface area contributed by atoms with E-state index in [1.807, 2.05) is 0 Å². The first-order valence-electron chi connectivity index (χ1n) is 8.85. The van der Waals surface area contributed by atoms with Gasteiger partial charge in [-0.2, -0.15) is 0 Å². The lowest BCUT2D eigenvalue weighted by molar-refractivity contribution is 0.514. The molecule has 9 nitrogen and oxygen atoms in total. The molecule has 0 spiro atoms. The van der Waals surface area contributed by atoms with Crippen LogP contribution in [-0.2, 0) is 0 Å². The van der Waals surface area contributed by atoms with Crippen molar-refractivity contribution in [2.45, 2.75) is 0 Å². The van der Waals surface area contributed by atoms with Gasteiger partial charge in [-0.05, 0) is 48.5 Å². The van der Waals surface area contributed by atoms with Crippen LogP contribution in [0.2, 0.25) is 0 Å². The van der Waals surface area contributed by atoms with Crippen molar-refractivity contribution in [3.63, 3.8) is 0 Å². The van der Waals surface area contributed by atoms with Gasteiger partial charge < -0.3 is 20.3 Å². The van der Waals surface area contributed by atoms with Gasteiger partial charge in [-0.25, -0.2) is 19.6 Å². The molecule has 4 N–H and O–H groups in total. The van der Waals surface area contributed by atoms with E-state index in [1.54, 1.807) is 36.4 Å². The second kappa shape index (κ2) is 6.52.